The van der Waals surface area contributed by atoms with Crippen molar-refractivity contribution in [2.24, 2.45) is 21.8 Å². The number of nitrogens with one attached hydrogen (secondary N) is 1. The Kier molecular flexibility index (Phi) is 10.8. The number of amides is 1. The molecule has 0 saturated carbocycles. The first-order chi connectivity index (χ1) is 22.0. The monoisotopic (exact) mass is 680 g/mol. The molecule has 4 rings (SSSR count). The van der Waals surface area contributed by atoms with E-state index in [2.05, 4.69) is 15.6 Å². The first kappa shape index (κ1) is 35.2. The minimum absolute atomic E-state index is 0.0982. The summed E-state index contributed by atoms with van der Waals surface area (Å²) in [5.74, 6) is -0.627. The van der Waals surface area contributed by atoms with Gasteiger partial charge in [0, 0.05) is 29.8 Å². The summed E-state index contributed by atoms with van der Waals surface area (Å²) in [6, 6.07) is 12.6. The van der Waals surface area contributed by atoms with Crippen LogP contribution in [0.4, 0.5) is 18.0 Å². The fourth-order valence-corrected chi connectivity index (χ4v) is 5.35. The highest BCUT2D eigenvalue weighted by atomic mass is 32.2. The number of aryl methyl sites for hydroxylation is 1. The Balaban J connectivity index is 1.32. The number of benzene rings is 2. The first-order valence-electron chi connectivity index (χ1n) is 14.5. The number of carbonyl (C=O) groups is 2. The van der Waals surface area contributed by atoms with Crippen molar-refractivity contribution in [2.75, 3.05) is 26.5 Å². The fraction of sp³-hybridized carbons (Fsp3) is 0.433. The van der Waals surface area contributed by atoms with Gasteiger partial charge in [-0.2, -0.15) is 18.3 Å². The molecule has 254 valence electrons. The Morgan fingerprint density at radius 1 is 1.04 bits per heavy atom. The number of ether oxygens (including phenoxy) is 2. The van der Waals surface area contributed by atoms with Gasteiger partial charge in [0.2, 0.25) is 0 Å². The second-order valence-corrected chi connectivity index (χ2v) is 13.6. The number of hydrogen-bond acceptors (Lipinski definition) is 10. The third-order valence-electron chi connectivity index (χ3n) is 6.98. The van der Waals surface area contributed by atoms with Crippen molar-refractivity contribution in [2.45, 2.75) is 51.6 Å². The molecule has 0 bridgehead atoms. The number of halogens is 3. The standard InChI is InChI=1S/C30H35F3N6O7S/c1-20-7-9-22(10-8-20)25-16-26(30(31,32)33)34-39(25)23-11-13-24(14-12-23)47(42,43)35-28(41)44-18-21-6-5-15-38(17-21)36-37-46-19-45-27(40)29(2,3)4/h7-14,16,21H,5-6,15,17-19H2,1-4H3,(H,35,41). The molecule has 3 aromatic rings. The predicted molar refractivity (Wildman–Crippen MR) is 161 cm³/mol. The number of carbonyl (C=O) groups excluding carboxylic acids is 2. The van der Waals surface area contributed by atoms with Crippen molar-refractivity contribution in [1.82, 2.24) is 19.5 Å². The maximum absolute atomic E-state index is 13.5. The normalized spacial score (nSPS) is 15.8. The van der Waals surface area contributed by atoms with Gasteiger partial charge in [-0.3, -0.25) is 9.80 Å². The number of aromatic nitrogens is 2. The third kappa shape index (κ3) is 9.67. The largest absolute Gasteiger partial charge is 0.448 e. The van der Waals surface area contributed by atoms with E-state index in [-0.39, 0.29) is 28.8 Å². The van der Waals surface area contributed by atoms with E-state index in [4.69, 9.17) is 14.3 Å². The lowest BCUT2D eigenvalue weighted by molar-refractivity contribution is -0.167. The topological polar surface area (TPSA) is 154 Å². The van der Waals surface area contributed by atoms with Crippen molar-refractivity contribution in [3.63, 3.8) is 0 Å². The Bertz CT molecular complexity index is 1690. The van der Waals surface area contributed by atoms with Crippen LogP contribution in [0.3, 0.4) is 0 Å². The molecule has 1 N–H and O–H groups in total. The smallest absolute Gasteiger partial charge is 0.435 e. The summed E-state index contributed by atoms with van der Waals surface area (Å²) >= 11 is 0. The van der Waals surface area contributed by atoms with Crippen LogP contribution in [0.1, 0.15) is 44.9 Å². The van der Waals surface area contributed by atoms with Crippen molar-refractivity contribution in [3.8, 4) is 16.9 Å². The molecule has 0 spiro atoms. The average molecular weight is 681 g/mol. The molecule has 1 saturated heterocycles. The van der Waals surface area contributed by atoms with Crippen LogP contribution in [0.15, 0.2) is 70.0 Å². The number of hydrogen-bond donors (Lipinski definition) is 1. The lowest BCUT2D eigenvalue weighted by atomic mass is 9.98. The highest BCUT2D eigenvalue weighted by molar-refractivity contribution is 7.90. The van der Waals surface area contributed by atoms with E-state index < -0.39 is 46.2 Å². The maximum atomic E-state index is 13.5. The lowest BCUT2D eigenvalue weighted by Crippen LogP contribution is -2.36. The second kappa shape index (κ2) is 14.4. The predicted octanol–water partition coefficient (Wildman–Crippen LogP) is 5.84. The zero-order chi connectivity index (χ0) is 34.4. The Morgan fingerprint density at radius 2 is 1.72 bits per heavy atom. The molecule has 13 nitrogen and oxygen atoms in total. The van der Waals surface area contributed by atoms with Gasteiger partial charge in [0.15, 0.2) is 5.69 Å². The van der Waals surface area contributed by atoms with Gasteiger partial charge in [-0.1, -0.05) is 29.8 Å². The Hall–Kier alpha value is -4.67. The zero-order valence-electron chi connectivity index (χ0n) is 26.2. The van der Waals surface area contributed by atoms with Crippen LogP contribution in [0.5, 0.6) is 0 Å². The number of piperidine rings is 1. The second-order valence-electron chi connectivity index (χ2n) is 11.9. The summed E-state index contributed by atoms with van der Waals surface area (Å²) in [4.78, 5) is 28.7. The van der Waals surface area contributed by atoms with E-state index in [1.807, 2.05) is 11.6 Å². The average Bonchev–Trinajstić information content (AvgIpc) is 3.46. The molecule has 17 heteroatoms. The summed E-state index contributed by atoms with van der Waals surface area (Å²) in [6.45, 7) is 7.36. The van der Waals surface area contributed by atoms with Crippen molar-refractivity contribution < 1.29 is 45.5 Å². The van der Waals surface area contributed by atoms with Crippen LogP contribution in [0.25, 0.3) is 16.9 Å². The molecule has 47 heavy (non-hydrogen) atoms. The maximum Gasteiger partial charge on any atom is 0.435 e. The van der Waals surface area contributed by atoms with Crippen molar-refractivity contribution in [1.29, 1.82) is 0 Å². The highest BCUT2D eigenvalue weighted by Gasteiger charge is 2.35. The minimum atomic E-state index is -4.70. The van der Waals surface area contributed by atoms with Gasteiger partial charge in [-0.25, -0.2) is 22.6 Å². The summed E-state index contributed by atoms with van der Waals surface area (Å²) in [5, 5.41) is 12.8. The Morgan fingerprint density at radius 3 is 2.36 bits per heavy atom. The van der Waals surface area contributed by atoms with Crippen LogP contribution >= 0.6 is 0 Å². The molecule has 0 aliphatic carbocycles. The van der Waals surface area contributed by atoms with Crippen LogP contribution in [0.2, 0.25) is 0 Å². The molecule has 1 atom stereocenters. The van der Waals surface area contributed by atoms with Crippen LogP contribution in [-0.2, 0) is 35.3 Å². The molecule has 1 fully saturated rings. The minimum Gasteiger partial charge on any atom is -0.448 e. The molecule has 1 aromatic heterocycles. The van der Waals surface area contributed by atoms with Gasteiger partial charge in [-0.05, 0) is 76.1 Å². The third-order valence-corrected chi connectivity index (χ3v) is 8.31. The number of nitrogens with zero attached hydrogens (tertiary/aromatic N) is 5. The van der Waals surface area contributed by atoms with Gasteiger partial charge in [-0.15, -0.1) is 0 Å². The highest BCUT2D eigenvalue weighted by Crippen LogP contribution is 2.33. The molecule has 1 aliphatic rings. The van der Waals surface area contributed by atoms with Gasteiger partial charge >= 0.3 is 18.2 Å². The number of rotatable bonds is 10. The SMILES string of the molecule is Cc1ccc(-c2cc(C(F)(F)F)nn2-c2ccc(S(=O)(=O)NC(=O)OCC3CCCN(N=NOCOC(=O)C(C)(C)C)C3)cc2)cc1. The summed E-state index contributed by atoms with van der Waals surface area (Å²) < 4.78 is 79.2. The first-order valence-corrected chi connectivity index (χ1v) is 16.0. The van der Waals surface area contributed by atoms with Crippen LogP contribution < -0.4 is 4.72 Å². The van der Waals surface area contributed by atoms with E-state index in [1.165, 1.54) is 12.1 Å². The van der Waals surface area contributed by atoms with Gasteiger partial charge in [0.25, 0.3) is 16.8 Å². The van der Waals surface area contributed by atoms with E-state index in [9.17, 15) is 31.2 Å². The number of esters is 1. The zero-order valence-corrected chi connectivity index (χ0v) is 27.0. The van der Waals surface area contributed by atoms with E-state index in [0.717, 1.165) is 28.4 Å². The quantitative estimate of drug-likeness (QED) is 0.0915. The van der Waals surface area contributed by atoms with Crippen molar-refractivity contribution in [3.05, 3.63) is 65.9 Å². The molecule has 1 aliphatic heterocycles. The summed E-state index contributed by atoms with van der Waals surface area (Å²) in [6.07, 6.45) is -4.51. The van der Waals surface area contributed by atoms with E-state index >= 15 is 0 Å². The number of alkyl halides is 3. The molecular weight excluding hydrogens is 645 g/mol. The van der Waals surface area contributed by atoms with Gasteiger partial charge in [0.1, 0.15) is 0 Å². The lowest BCUT2D eigenvalue weighted by Gasteiger charge is -2.28. The molecule has 2 heterocycles. The van der Waals surface area contributed by atoms with Gasteiger partial charge in [0.05, 0.1) is 28.3 Å². The van der Waals surface area contributed by atoms with Crippen LogP contribution in [-0.4, -0.2) is 61.8 Å². The molecule has 2 aromatic carbocycles. The Labute approximate surface area is 269 Å². The fourth-order valence-electron chi connectivity index (χ4n) is 4.46. The molecule has 1 unspecified atom stereocenters. The van der Waals surface area contributed by atoms with Gasteiger partial charge < -0.3 is 14.3 Å². The molecule has 0 radical (unpaired) electrons. The summed E-state index contributed by atoms with van der Waals surface area (Å²) in [5.41, 5.74) is -0.0544. The van der Waals surface area contributed by atoms with Crippen LogP contribution in [0, 0.1) is 18.3 Å². The van der Waals surface area contributed by atoms with E-state index in [1.54, 1.807) is 50.0 Å². The van der Waals surface area contributed by atoms with Crippen molar-refractivity contribution >= 4 is 22.1 Å². The number of sulfonamides is 1. The molecule has 1 amide bonds. The summed E-state index contributed by atoms with van der Waals surface area (Å²) in [7, 11) is -4.37. The molecular formula is C30H35F3N6O7S. The van der Waals surface area contributed by atoms with E-state index in [0.29, 0.717) is 31.5 Å².